The Balaban J connectivity index is 2.81. The van der Waals surface area contributed by atoms with Crippen molar-refractivity contribution in [1.29, 1.82) is 0 Å². The van der Waals surface area contributed by atoms with Gasteiger partial charge in [0.1, 0.15) is 5.75 Å². The molecule has 0 unspecified atom stereocenters. The minimum Gasteiger partial charge on any atom is -0.493 e. The molecule has 0 bridgehead atoms. The second-order valence-corrected chi connectivity index (χ2v) is 4.59. The minimum absolute atomic E-state index is 0.319. The molecule has 5 heteroatoms. The summed E-state index contributed by atoms with van der Waals surface area (Å²) in [5.41, 5.74) is 0.903. The predicted octanol–water partition coefficient (Wildman–Crippen LogP) is 3.01. The molecule has 0 saturated carbocycles. The zero-order chi connectivity index (χ0) is 15.6. The van der Waals surface area contributed by atoms with E-state index in [2.05, 4.69) is 0 Å². The first-order chi connectivity index (χ1) is 9.93. The van der Waals surface area contributed by atoms with E-state index in [0.717, 1.165) is 5.56 Å². The van der Waals surface area contributed by atoms with Crippen LogP contribution in [0.25, 0.3) is 10.8 Å². The molecule has 5 nitrogen and oxygen atoms in total. The van der Waals surface area contributed by atoms with E-state index in [1.165, 1.54) is 21.0 Å². The van der Waals surface area contributed by atoms with Crippen LogP contribution in [0.4, 0.5) is 0 Å². The third kappa shape index (κ3) is 2.97. The smallest absolute Gasteiger partial charge is 0.308 e. The molecule has 0 aliphatic heterocycles. The second kappa shape index (κ2) is 5.83. The molecule has 110 valence electrons. The van der Waals surface area contributed by atoms with Gasteiger partial charge in [0.25, 0.3) is 0 Å². The molecule has 0 radical (unpaired) electrons. The van der Waals surface area contributed by atoms with Gasteiger partial charge in [-0.1, -0.05) is 18.2 Å². The van der Waals surface area contributed by atoms with Crippen molar-refractivity contribution in [2.45, 2.75) is 20.8 Å². The Morgan fingerprint density at radius 1 is 1.00 bits per heavy atom. The quantitative estimate of drug-likeness (QED) is 0.641. The van der Waals surface area contributed by atoms with Crippen molar-refractivity contribution in [2.75, 3.05) is 7.11 Å². The van der Waals surface area contributed by atoms with E-state index < -0.39 is 11.9 Å². The molecular formula is C16H16O5. The molecular weight excluding hydrogens is 272 g/mol. The Bertz CT molecular complexity index is 718. The lowest BCUT2D eigenvalue weighted by atomic mass is 10.0. The highest BCUT2D eigenvalue weighted by molar-refractivity contribution is 6.00. The summed E-state index contributed by atoms with van der Waals surface area (Å²) in [4.78, 5) is 22.6. The van der Waals surface area contributed by atoms with Gasteiger partial charge < -0.3 is 14.2 Å². The lowest BCUT2D eigenvalue weighted by Gasteiger charge is -2.15. The van der Waals surface area contributed by atoms with E-state index in [1.807, 2.05) is 19.1 Å². The van der Waals surface area contributed by atoms with Gasteiger partial charge in [0.2, 0.25) is 0 Å². The van der Waals surface area contributed by atoms with Crippen LogP contribution in [-0.4, -0.2) is 19.0 Å². The predicted molar refractivity (Wildman–Crippen MR) is 77.9 cm³/mol. The van der Waals surface area contributed by atoms with Gasteiger partial charge in [-0.2, -0.15) is 0 Å². The Morgan fingerprint density at radius 3 is 2.24 bits per heavy atom. The first-order valence-corrected chi connectivity index (χ1v) is 6.41. The Hall–Kier alpha value is -2.56. The largest absolute Gasteiger partial charge is 0.493 e. The third-order valence-electron chi connectivity index (χ3n) is 2.97. The van der Waals surface area contributed by atoms with Crippen LogP contribution in [0.15, 0.2) is 24.3 Å². The number of aryl methyl sites for hydroxylation is 1. The van der Waals surface area contributed by atoms with Crippen LogP contribution in [0.5, 0.6) is 17.2 Å². The normalized spacial score (nSPS) is 10.3. The van der Waals surface area contributed by atoms with E-state index in [0.29, 0.717) is 28.0 Å². The summed E-state index contributed by atoms with van der Waals surface area (Å²) in [7, 11) is 1.46. The monoisotopic (exact) mass is 288 g/mol. The molecule has 0 aromatic heterocycles. The summed E-state index contributed by atoms with van der Waals surface area (Å²) in [6.07, 6.45) is 0. The molecule has 0 saturated heterocycles. The van der Waals surface area contributed by atoms with Crippen LogP contribution in [-0.2, 0) is 9.59 Å². The number of carbonyl (C=O) groups excluding carboxylic acids is 2. The number of rotatable bonds is 3. The SMILES string of the molecule is COc1cc(OC(C)=O)c2c(C)cccc2c1OC(C)=O. The van der Waals surface area contributed by atoms with Crippen LogP contribution < -0.4 is 14.2 Å². The van der Waals surface area contributed by atoms with Gasteiger partial charge in [-0.3, -0.25) is 9.59 Å². The maximum atomic E-state index is 11.3. The van der Waals surface area contributed by atoms with E-state index in [-0.39, 0.29) is 0 Å². The Morgan fingerprint density at radius 2 is 1.67 bits per heavy atom. The van der Waals surface area contributed by atoms with Crippen molar-refractivity contribution < 1.29 is 23.8 Å². The van der Waals surface area contributed by atoms with Crippen LogP contribution in [0.2, 0.25) is 0 Å². The lowest BCUT2D eigenvalue weighted by molar-refractivity contribution is -0.133. The molecule has 0 N–H and O–H groups in total. The number of esters is 2. The standard InChI is InChI=1S/C16H16O5/c1-9-6-5-7-12-15(9)13(20-10(2)17)8-14(19-4)16(12)21-11(3)18/h5-8H,1-4H3. The summed E-state index contributed by atoms with van der Waals surface area (Å²) in [6.45, 7) is 4.54. The summed E-state index contributed by atoms with van der Waals surface area (Å²) >= 11 is 0. The van der Waals surface area contributed by atoms with E-state index in [4.69, 9.17) is 14.2 Å². The maximum absolute atomic E-state index is 11.3. The summed E-state index contributed by atoms with van der Waals surface area (Å²) in [6, 6.07) is 7.06. The molecule has 0 fully saturated rings. The molecule has 21 heavy (non-hydrogen) atoms. The van der Waals surface area contributed by atoms with Crippen LogP contribution in [0.3, 0.4) is 0 Å². The molecule has 2 rings (SSSR count). The molecule has 0 spiro atoms. The highest BCUT2D eigenvalue weighted by Gasteiger charge is 2.18. The summed E-state index contributed by atoms with van der Waals surface area (Å²) in [5, 5.41) is 1.37. The van der Waals surface area contributed by atoms with Crippen molar-refractivity contribution in [3.05, 3.63) is 29.8 Å². The van der Waals surface area contributed by atoms with Crippen molar-refractivity contribution in [3.8, 4) is 17.2 Å². The summed E-state index contributed by atoms with van der Waals surface area (Å²) < 4.78 is 15.8. The number of fused-ring (bicyclic) bond motifs is 1. The maximum Gasteiger partial charge on any atom is 0.308 e. The average Bonchev–Trinajstić information content (AvgIpc) is 2.40. The number of hydrogen-bond acceptors (Lipinski definition) is 5. The van der Waals surface area contributed by atoms with Gasteiger partial charge in [0, 0.05) is 30.7 Å². The van der Waals surface area contributed by atoms with E-state index in [1.54, 1.807) is 12.1 Å². The van der Waals surface area contributed by atoms with Gasteiger partial charge in [0.15, 0.2) is 11.5 Å². The van der Waals surface area contributed by atoms with Crippen LogP contribution >= 0.6 is 0 Å². The van der Waals surface area contributed by atoms with E-state index >= 15 is 0 Å². The number of benzene rings is 2. The fourth-order valence-electron chi connectivity index (χ4n) is 2.21. The van der Waals surface area contributed by atoms with Crippen LogP contribution in [0.1, 0.15) is 19.4 Å². The van der Waals surface area contributed by atoms with Crippen molar-refractivity contribution >= 4 is 22.7 Å². The number of ether oxygens (including phenoxy) is 3. The first kappa shape index (κ1) is 14.8. The summed E-state index contributed by atoms with van der Waals surface area (Å²) in [5.74, 6) is 0.153. The highest BCUT2D eigenvalue weighted by atomic mass is 16.6. The Kier molecular flexibility index (Phi) is 4.12. The van der Waals surface area contributed by atoms with Gasteiger partial charge in [-0.05, 0) is 12.5 Å². The fourth-order valence-corrected chi connectivity index (χ4v) is 2.21. The average molecular weight is 288 g/mol. The fraction of sp³-hybridized carbons (Fsp3) is 0.250. The minimum atomic E-state index is -0.448. The first-order valence-electron chi connectivity index (χ1n) is 6.41. The lowest BCUT2D eigenvalue weighted by Crippen LogP contribution is -2.06. The molecule has 0 aliphatic carbocycles. The molecule has 0 aliphatic rings. The topological polar surface area (TPSA) is 61.8 Å². The van der Waals surface area contributed by atoms with Crippen molar-refractivity contribution in [3.63, 3.8) is 0 Å². The third-order valence-corrected chi connectivity index (χ3v) is 2.97. The highest BCUT2D eigenvalue weighted by Crippen LogP contribution is 2.43. The zero-order valence-corrected chi connectivity index (χ0v) is 12.4. The van der Waals surface area contributed by atoms with E-state index in [9.17, 15) is 9.59 Å². The second-order valence-electron chi connectivity index (χ2n) is 4.59. The molecule has 0 heterocycles. The van der Waals surface area contributed by atoms with Crippen LogP contribution in [0, 0.1) is 6.92 Å². The number of carbonyl (C=O) groups is 2. The van der Waals surface area contributed by atoms with Gasteiger partial charge >= 0.3 is 11.9 Å². The molecule has 0 amide bonds. The Labute approximate surface area is 122 Å². The van der Waals surface area contributed by atoms with Gasteiger partial charge in [0.05, 0.1) is 7.11 Å². The van der Waals surface area contributed by atoms with Crippen molar-refractivity contribution in [2.24, 2.45) is 0 Å². The van der Waals surface area contributed by atoms with Crippen molar-refractivity contribution in [1.82, 2.24) is 0 Å². The van der Waals surface area contributed by atoms with Gasteiger partial charge in [-0.25, -0.2) is 0 Å². The molecule has 2 aromatic rings. The zero-order valence-electron chi connectivity index (χ0n) is 12.4. The number of methoxy groups -OCH3 is 1. The number of hydrogen-bond donors (Lipinski definition) is 0. The molecule has 0 atom stereocenters. The van der Waals surface area contributed by atoms with Gasteiger partial charge in [-0.15, -0.1) is 0 Å². The molecule has 2 aromatic carbocycles.